The fourth-order valence-electron chi connectivity index (χ4n) is 1.24. The van der Waals surface area contributed by atoms with E-state index in [1.165, 1.54) is 24.4 Å². The molecule has 0 saturated heterocycles. The number of hydrogen-bond acceptors (Lipinski definition) is 5. The number of ether oxygens (including phenoxy) is 1. The van der Waals surface area contributed by atoms with Crippen molar-refractivity contribution in [3.8, 4) is 11.8 Å². The normalized spacial score (nSPS) is 9.68. The van der Waals surface area contributed by atoms with Gasteiger partial charge in [-0.2, -0.15) is 5.26 Å². The summed E-state index contributed by atoms with van der Waals surface area (Å²) in [6.07, 6.45) is 1.36. The third-order valence-corrected chi connectivity index (χ3v) is 2.88. The zero-order valence-corrected chi connectivity index (χ0v) is 10.4. The Morgan fingerprint density at radius 3 is 3.00 bits per heavy atom. The Hall–Kier alpha value is -2.46. The van der Waals surface area contributed by atoms with E-state index in [2.05, 4.69) is 10.3 Å². The van der Waals surface area contributed by atoms with Gasteiger partial charge in [0.05, 0.1) is 6.20 Å². The van der Waals surface area contributed by atoms with Gasteiger partial charge in [-0.05, 0) is 12.1 Å². The number of nitrogens with one attached hydrogen (secondary N) is 1. The van der Waals surface area contributed by atoms with Gasteiger partial charge in [0.25, 0.3) is 5.91 Å². The summed E-state index contributed by atoms with van der Waals surface area (Å²) >= 11 is 1.05. The lowest BCUT2D eigenvalue weighted by Gasteiger charge is -2.06. The Bertz CT molecular complexity index is 636. The van der Waals surface area contributed by atoms with Crippen molar-refractivity contribution in [1.29, 1.82) is 5.26 Å². The maximum atomic E-state index is 13.2. The molecule has 2 rings (SSSR count). The number of halogens is 1. The van der Waals surface area contributed by atoms with Gasteiger partial charge in [0, 0.05) is 0 Å². The number of nitrogens with zero attached hydrogens (tertiary/aromatic N) is 2. The molecule has 0 atom stereocenters. The van der Waals surface area contributed by atoms with E-state index < -0.39 is 11.7 Å². The summed E-state index contributed by atoms with van der Waals surface area (Å²) < 4.78 is 18.2. The van der Waals surface area contributed by atoms with E-state index in [1.807, 2.05) is 6.07 Å². The second-order valence-corrected chi connectivity index (χ2v) is 4.44. The van der Waals surface area contributed by atoms with Crippen LogP contribution in [0.4, 0.5) is 9.52 Å². The van der Waals surface area contributed by atoms with Crippen LogP contribution < -0.4 is 10.1 Å². The molecule has 1 aromatic carbocycles. The fraction of sp³-hybridized carbons (Fsp3) is 0.0833. The van der Waals surface area contributed by atoms with Gasteiger partial charge in [-0.1, -0.05) is 23.5 Å². The highest BCUT2D eigenvalue weighted by molar-refractivity contribution is 7.16. The van der Waals surface area contributed by atoms with Crippen molar-refractivity contribution >= 4 is 22.4 Å². The van der Waals surface area contributed by atoms with Crippen LogP contribution in [-0.4, -0.2) is 17.5 Å². The molecule has 0 aliphatic rings. The van der Waals surface area contributed by atoms with Gasteiger partial charge in [0.1, 0.15) is 10.9 Å². The van der Waals surface area contributed by atoms with E-state index in [9.17, 15) is 9.18 Å². The summed E-state index contributed by atoms with van der Waals surface area (Å²) in [5.74, 6) is -0.993. The van der Waals surface area contributed by atoms with E-state index in [4.69, 9.17) is 10.00 Å². The van der Waals surface area contributed by atoms with Gasteiger partial charge >= 0.3 is 0 Å². The zero-order valence-electron chi connectivity index (χ0n) is 9.59. The van der Waals surface area contributed by atoms with Crippen molar-refractivity contribution in [3.05, 3.63) is 41.2 Å². The predicted octanol–water partition coefficient (Wildman–Crippen LogP) is 2.17. The number of anilines is 1. The number of thiazole rings is 1. The Balaban J connectivity index is 1.89. The van der Waals surface area contributed by atoms with Crippen molar-refractivity contribution < 1.29 is 13.9 Å². The van der Waals surface area contributed by atoms with Crippen molar-refractivity contribution in [2.45, 2.75) is 0 Å². The number of rotatable bonds is 4. The maximum Gasteiger partial charge on any atom is 0.264 e. The van der Waals surface area contributed by atoms with Gasteiger partial charge in [-0.15, -0.1) is 0 Å². The molecule has 1 heterocycles. The molecular weight excluding hydrogens is 269 g/mol. The van der Waals surface area contributed by atoms with Crippen LogP contribution in [0.2, 0.25) is 0 Å². The maximum absolute atomic E-state index is 13.2. The molecule has 1 N–H and O–H groups in total. The van der Waals surface area contributed by atoms with Crippen LogP contribution in [0.25, 0.3) is 0 Å². The molecule has 2 aromatic rings. The third-order valence-electron chi connectivity index (χ3n) is 2.06. The second-order valence-electron chi connectivity index (χ2n) is 3.41. The first-order valence-electron chi connectivity index (χ1n) is 5.22. The summed E-state index contributed by atoms with van der Waals surface area (Å²) in [4.78, 5) is 15.7. The smallest absolute Gasteiger partial charge is 0.264 e. The first-order valence-corrected chi connectivity index (χ1v) is 6.04. The van der Waals surface area contributed by atoms with Crippen LogP contribution in [0.3, 0.4) is 0 Å². The molecule has 0 bridgehead atoms. The number of hydrogen-bond donors (Lipinski definition) is 1. The summed E-state index contributed by atoms with van der Waals surface area (Å²) in [6.45, 7) is -0.331. The Kier molecular flexibility index (Phi) is 4.05. The molecule has 0 fully saturated rings. The molecule has 0 saturated carbocycles. The number of carbonyl (C=O) groups excluding carboxylic acids is 1. The quantitative estimate of drug-likeness (QED) is 0.929. The molecule has 96 valence electrons. The average Bonchev–Trinajstić information content (AvgIpc) is 2.85. The highest BCUT2D eigenvalue weighted by Gasteiger charge is 2.09. The molecular formula is C12H8FN3O2S. The van der Waals surface area contributed by atoms with Crippen LogP contribution in [-0.2, 0) is 4.79 Å². The molecule has 5 nitrogen and oxygen atoms in total. The first-order chi connectivity index (χ1) is 9.19. The van der Waals surface area contributed by atoms with E-state index in [0.29, 0.717) is 10.0 Å². The van der Waals surface area contributed by atoms with Crippen LogP contribution in [0.1, 0.15) is 4.88 Å². The third kappa shape index (κ3) is 3.50. The molecule has 0 spiro atoms. The van der Waals surface area contributed by atoms with E-state index in [1.54, 1.807) is 6.07 Å². The first kappa shape index (κ1) is 13.0. The Morgan fingerprint density at radius 1 is 1.53 bits per heavy atom. The summed E-state index contributed by atoms with van der Waals surface area (Å²) in [5.41, 5.74) is 0. The number of para-hydroxylation sites is 1. The highest BCUT2D eigenvalue weighted by atomic mass is 32.1. The Morgan fingerprint density at radius 2 is 2.32 bits per heavy atom. The zero-order chi connectivity index (χ0) is 13.7. The lowest BCUT2D eigenvalue weighted by Crippen LogP contribution is -2.20. The molecule has 1 aromatic heterocycles. The number of aromatic nitrogens is 1. The van der Waals surface area contributed by atoms with Gasteiger partial charge in [0.2, 0.25) is 0 Å². The van der Waals surface area contributed by atoms with Crippen LogP contribution in [0.15, 0.2) is 30.5 Å². The highest BCUT2D eigenvalue weighted by Crippen LogP contribution is 2.17. The van der Waals surface area contributed by atoms with Crippen molar-refractivity contribution in [2.24, 2.45) is 0 Å². The summed E-state index contributed by atoms with van der Waals surface area (Å²) in [5, 5.41) is 11.4. The van der Waals surface area contributed by atoms with Crippen LogP contribution in [0, 0.1) is 17.1 Å². The number of nitriles is 1. The minimum Gasteiger partial charge on any atom is -0.481 e. The fourth-order valence-corrected chi connectivity index (χ4v) is 1.87. The van der Waals surface area contributed by atoms with Crippen LogP contribution in [0.5, 0.6) is 5.75 Å². The van der Waals surface area contributed by atoms with Crippen LogP contribution >= 0.6 is 11.3 Å². The van der Waals surface area contributed by atoms with Gasteiger partial charge in [-0.3, -0.25) is 10.1 Å². The number of carbonyl (C=O) groups is 1. The SMILES string of the molecule is N#Cc1cnc(NC(=O)COc2ccccc2F)s1. The molecule has 0 radical (unpaired) electrons. The van der Waals surface area contributed by atoms with Crippen molar-refractivity contribution in [2.75, 3.05) is 11.9 Å². The van der Waals surface area contributed by atoms with E-state index in [0.717, 1.165) is 11.3 Å². The minimum absolute atomic E-state index is 0.00880. The van der Waals surface area contributed by atoms with Crippen molar-refractivity contribution in [3.63, 3.8) is 0 Å². The van der Waals surface area contributed by atoms with Crippen molar-refractivity contribution in [1.82, 2.24) is 4.98 Å². The molecule has 19 heavy (non-hydrogen) atoms. The Labute approximate surface area is 112 Å². The molecule has 7 heteroatoms. The topological polar surface area (TPSA) is 75.0 Å². The molecule has 0 aliphatic carbocycles. The monoisotopic (exact) mass is 277 g/mol. The van der Waals surface area contributed by atoms with Gasteiger partial charge < -0.3 is 4.74 Å². The molecule has 0 aliphatic heterocycles. The number of amides is 1. The molecule has 0 unspecified atom stereocenters. The number of benzene rings is 1. The summed E-state index contributed by atoms with van der Waals surface area (Å²) in [7, 11) is 0. The standard InChI is InChI=1S/C12H8FN3O2S/c13-9-3-1-2-4-10(9)18-7-11(17)16-12-15-6-8(5-14)19-12/h1-4,6H,7H2,(H,15,16,17). The van der Waals surface area contributed by atoms with E-state index >= 15 is 0 Å². The minimum atomic E-state index is -0.531. The average molecular weight is 277 g/mol. The second kappa shape index (κ2) is 5.93. The lowest BCUT2D eigenvalue weighted by atomic mass is 10.3. The predicted molar refractivity (Wildman–Crippen MR) is 67.4 cm³/mol. The van der Waals surface area contributed by atoms with Gasteiger partial charge in [0.15, 0.2) is 23.3 Å². The molecule has 1 amide bonds. The summed E-state index contributed by atoms with van der Waals surface area (Å²) in [6, 6.07) is 7.72. The van der Waals surface area contributed by atoms with Gasteiger partial charge in [-0.25, -0.2) is 9.37 Å². The largest absolute Gasteiger partial charge is 0.481 e. The van der Waals surface area contributed by atoms with E-state index in [-0.39, 0.29) is 12.4 Å². The lowest BCUT2D eigenvalue weighted by molar-refractivity contribution is -0.118.